The third-order valence-corrected chi connectivity index (χ3v) is 12.6. The summed E-state index contributed by atoms with van der Waals surface area (Å²) in [5.74, 6) is 0. The molecule has 0 amide bonds. The van der Waals surface area contributed by atoms with Gasteiger partial charge in [-0.2, -0.15) is 0 Å². The van der Waals surface area contributed by atoms with Gasteiger partial charge in [0.05, 0.1) is 8.07 Å². The normalized spacial score (nSPS) is 22.5. The van der Waals surface area contributed by atoms with Gasteiger partial charge in [0.2, 0.25) is 0 Å². The van der Waals surface area contributed by atoms with Crippen LogP contribution in [0.4, 0.5) is 0 Å². The van der Waals surface area contributed by atoms with E-state index in [1.165, 1.54) is 19.3 Å². The van der Waals surface area contributed by atoms with Crippen LogP contribution in [0.5, 0.6) is 0 Å². The lowest BCUT2D eigenvalue weighted by atomic mass is 10.3. The van der Waals surface area contributed by atoms with Crippen molar-refractivity contribution in [2.75, 3.05) is 0 Å². The van der Waals surface area contributed by atoms with Crippen molar-refractivity contribution in [2.24, 2.45) is 0 Å². The molecule has 0 aliphatic rings. The summed E-state index contributed by atoms with van der Waals surface area (Å²) in [6.07, 6.45) is 4.12. The third-order valence-electron chi connectivity index (χ3n) is 5.02. The molecule has 0 N–H and O–H groups in total. The molecule has 14 heavy (non-hydrogen) atoms. The fourth-order valence-electron chi connectivity index (χ4n) is 2.78. The highest BCUT2D eigenvalue weighted by molar-refractivity contribution is 6.82. The first-order chi connectivity index (χ1) is 6.44. The average Bonchev–Trinajstić information content (AvgIpc) is 2.24. The maximum Gasteiger partial charge on any atom is 0.0589 e. The fourth-order valence-corrected chi connectivity index (χ4v) is 8.33. The van der Waals surface area contributed by atoms with E-state index in [1.54, 1.807) is 0 Å². The molecule has 0 rings (SSSR count). The van der Waals surface area contributed by atoms with E-state index in [0.717, 1.165) is 16.6 Å². The van der Waals surface area contributed by atoms with E-state index in [-0.39, 0.29) is 0 Å². The molecular weight excluding hydrogens is 184 g/mol. The highest BCUT2D eigenvalue weighted by atomic mass is 28.3. The first-order valence-corrected chi connectivity index (χ1v) is 9.18. The molecule has 0 spiro atoms. The third kappa shape index (κ3) is 2.62. The summed E-state index contributed by atoms with van der Waals surface area (Å²) in [6, 6.07) is 0. The molecule has 0 aliphatic heterocycles. The van der Waals surface area contributed by atoms with Gasteiger partial charge in [-0.15, -0.1) is 0 Å². The van der Waals surface area contributed by atoms with Gasteiger partial charge in [-0.1, -0.05) is 67.4 Å². The van der Waals surface area contributed by atoms with E-state index in [4.69, 9.17) is 0 Å². The van der Waals surface area contributed by atoms with Gasteiger partial charge >= 0.3 is 0 Å². The van der Waals surface area contributed by atoms with Gasteiger partial charge in [-0.05, 0) is 16.6 Å². The number of hydrogen-bond donors (Lipinski definition) is 0. The zero-order valence-electron chi connectivity index (χ0n) is 11.4. The first kappa shape index (κ1) is 14.2. The second-order valence-electron chi connectivity index (χ2n) is 5.29. The van der Waals surface area contributed by atoms with E-state index in [9.17, 15) is 0 Å². The standard InChI is InChI=1S/C13H30Si/c1-8-11(4)14(7,12(5)9-2)13(6)10-3/h11-13H,8-10H2,1-7H3. The second-order valence-corrected chi connectivity index (χ2v) is 11.0. The van der Waals surface area contributed by atoms with Crippen LogP contribution in [0.15, 0.2) is 0 Å². The van der Waals surface area contributed by atoms with E-state index < -0.39 is 8.07 Å². The van der Waals surface area contributed by atoms with E-state index >= 15 is 0 Å². The van der Waals surface area contributed by atoms with Crippen LogP contribution in [0.3, 0.4) is 0 Å². The summed E-state index contributed by atoms with van der Waals surface area (Å²) in [4.78, 5) is 0. The predicted octanol–water partition coefficient (Wildman–Crippen LogP) is 5.47. The Balaban J connectivity index is 4.83. The molecule has 86 valence electrons. The van der Waals surface area contributed by atoms with Crippen LogP contribution < -0.4 is 0 Å². The summed E-state index contributed by atoms with van der Waals surface area (Å²) < 4.78 is 0. The summed E-state index contributed by atoms with van der Waals surface area (Å²) >= 11 is 0. The Labute approximate surface area is 92.5 Å². The number of hydrogen-bond acceptors (Lipinski definition) is 0. The van der Waals surface area contributed by atoms with Crippen molar-refractivity contribution < 1.29 is 0 Å². The Hall–Kier alpha value is 0.217. The van der Waals surface area contributed by atoms with E-state index in [2.05, 4.69) is 48.1 Å². The molecule has 0 aromatic rings. The van der Waals surface area contributed by atoms with Crippen LogP contribution in [0, 0.1) is 0 Å². The summed E-state index contributed by atoms with van der Waals surface area (Å²) in [6.45, 7) is 17.2. The Morgan fingerprint density at radius 3 is 1.07 bits per heavy atom. The molecule has 0 radical (unpaired) electrons. The predicted molar refractivity (Wildman–Crippen MR) is 70.8 cm³/mol. The van der Waals surface area contributed by atoms with Gasteiger partial charge in [-0.25, -0.2) is 0 Å². The van der Waals surface area contributed by atoms with Crippen molar-refractivity contribution in [3.63, 3.8) is 0 Å². The molecule has 0 saturated heterocycles. The minimum absolute atomic E-state index is 0.979. The van der Waals surface area contributed by atoms with Crippen LogP contribution in [0.2, 0.25) is 23.2 Å². The monoisotopic (exact) mass is 214 g/mol. The molecular formula is C13H30Si. The highest BCUT2D eigenvalue weighted by Gasteiger charge is 2.40. The maximum absolute atomic E-state index is 2.64. The smallest absolute Gasteiger partial charge is 0.0589 e. The van der Waals surface area contributed by atoms with E-state index in [1.807, 2.05) is 0 Å². The lowest BCUT2D eigenvalue weighted by Gasteiger charge is -2.43. The maximum atomic E-state index is 2.64. The van der Waals surface area contributed by atoms with E-state index in [0.29, 0.717) is 0 Å². The van der Waals surface area contributed by atoms with Gasteiger partial charge in [0, 0.05) is 0 Å². The first-order valence-electron chi connectivity index (χ1n) is 6.44. The quantitative estimate of drug-likeness (QED) is 0.515. The molecule has 0 saturated carbocycles. The van der Waals surface area contributed by atoms with Crippen LogP contribution >= 0.6 is 0 Å². The van der Waals surface area contributed by atoms with Crippen molar-refractivity contribution in [1.29, 1.82) is 0 Å². The fraction of sp³-hybridized carbons (Fsp3) is 1.00. The SMILES string of the molecule is CCC(C)[Si](C)(C(C)CC)C(C)CC. The Bertz CT molecular complexity index is 127. The average molecular weight is 214 g/mol. The summed E-state index contributed by atoms with van der Waals surface area (Å²) in [5.41, 5.74) is 2.94. The summed E-state index contributed by atoms with van der Waals surface area (Å²) in [7, 11) is -1.06. The lowest BCUT2D eigenvalue weighted by molar-refractivity contribution is 0.692. The number of rotatable bonds is 6. The Morgan fingerprint density at radius 1 is 0.714 bits per heavy atom. The van der Waals surface area contributed by atoms with Gasteiger partial charge in [0.15, 0.2) is 0 Å². The van der Waals surface area contributed by atoms with Crippen molar-refractivity contribution in [2.45, 2.75) is 84.0 Å². The largest absolute Gasteiger partial charge is 0.0686 e. The van der Waals surface area contributed by atoms with Gasteiger partial charge in [0.25, 0.3) is 0 Å². The molecule has 3 unspecified atom stereocenters. The molecule has 0 nitrogen and oxygen atoms in total. The van der Waals surface area contributed by atoms with Crippen LogP contribution in [0.25, 0.3) is 0 Å². The molecule has 0 fully saturated rings. The Kier molecular flexibility index (Phi) is 6.04. The van der Waals surface area contributed by atoms with Crippen molar-refractivity contribution in [1.82, 2.24) is 0 Å². The zero-order valence-corrected chi connectivity index (χ0v) is 12.4. The zero-order chi connectivity index (χ0) is 11.4. The lowest BCUT2D eigenvalue weighted by Crippen LogP contribution is -2.43. The molecule has 0 aromatic heterocycles. The summed E-state index contributed by atoms with van der Waals surface area (Å²) in [5, 5.41) is 0. The second kappa shape index (κ2) is 5.94. The molecule has 0 aromatic carbocycles. The van der Waals surface area contributed by atoms with Crippen molar-refractivity contribution in [3.05, 3.63) is 0 Å². The molecule has 0 heterocycles. The minimum Gasteiger partial charge on any atom is -0.0686 e. The molecule has 3 atom stereocenters. The van der Waals surface area contributed by atoms with Crippen LogP contribution in [-0.2, 0) is 0 Å². The van der Waals surface area contributed by atoms with Crippen LogP contribution in [0.1, 0.15) is 60.8 Å². The van der Waals surface area contributed by atoms with Gasteiger partial charge in [0.1, 0.15) is 0 Å². The molecule has 0 aliphatic carbocycles. The highest BCUT2D eigenvalue weighted by Crippen LogP contribution is 2.45. The minimum atomic E-state index is -1.06. The van der Waals surface area contributed by atoms with Crippen molar-refractivity contribution in [3.8, 4) is 0 Å². The molecule has 0 bridgehead atoms. The Morgan fingerprint density at radius 2 is 0.929 bits per heavy atom. The van der Waals surface area contributed by atoms with Crippen molar-refractivity contribution >= 4 is 8.07 Å². The van der Waals surface area contributed by atoms with Gasteiger partial charge in [-0.3, -0.25) is 0 Å². The topological polar surface area (TPSA) is 0 Å². The molecule has 1 heteroatoms. The van der Waals surface area contributed by atoms with Crippen LogP contribution in [-0.4, -0.2) is 8.07 Å². The van der Waals surface area contributed by atoms with Gasteiger partial charge < -0.3 is 0 Å².